The van der Waals surface area contributed by atoms with Crippen molar-refractivity contribution < 1.29 is 13.6 Å². The molecule has 0 spiro atoms. The van der Waals surface area contributed by atoms with Crippen molar-refractivity contribution in [2.24, 2.45) is 0 Å². The largest absolute Gasteiger partial charge is 0.496 e. The van der Waals surface area contributed by atoms with E-state index in [0.29, 0.717) is 22.3 Å². The molecule has 0 aliphatic heterocycles. The summed E-state index contributed by atoms with van der Waals surface area (Å²) < 4.78 is 17.0. The highest BCUT2D eigenvalue weighted by atomic mass is 16.5. The zero-order chi connectivity index (χ0) is 17.4. The first-order valence-corrected chi connectivity index (χ1v) is 8.32. The molecular formula is C21H18O4. The summed E-state index contributed by atoms with van der Waals surface area (Å²) >= 11 is 0. The van der Waals surface area contributed by atoms with Gasteiger partial charge < -0.3 is 13.6 Å². The number of benzene rings is 2. The van der Waals surface area contributed by atoms with Crippen molar-refractivity contribution in [2.75, 3.05) is 7.11 Å². The zero-order valence-corrected chi connectivity index (χ0v) is 14.2. The molecule has 2 heterocycles. The van der Waals surface area contributed by atoms with Crippen LogP contribution in [0.15, 0.2) is 62.4 Å². The fourth-order valence-corrected chi connectivity index (χ4v) is 3.14. The highest BCUT2D eigenvalue weighted by Crippen LogP contribution is 2.30. The number of methoxy groups -OCH3 is 1. The van der Waals surface area contributed by atoms with E-state index in [0.717, 1.165) is 35.1 Å². The predicted octanol–water partition coefficient (Wildman–Crippen LogP) is 5.17. The summed E-state index contributed by atoms with van der Waals surface area (Å²) in [7, 11) is 1.63. The van der Waals surface area contributed by atoms with Gasteiger partial charge in [-0.1, -0.05) is 31.5 Å². The Morgan fingerprint density at radius 1 is 1.08 bits per heavy atom. The van der Waals surface area contributed by atoms with E-state index in [1.165, 1.54) is 6.26 Å². The average Bonchev–Trinajstić information content (AvgIpc) is 3.06. The van der Waals surface area contributed by atoms with Gasteiger partial charge >= 0.3 is 0 Å². The van der Waals surface area contributed by atoms with Crippen molar-refractivity contribution in [3.8, 4) is 17.1 Å². The first kappa shape index (κ1) is 15.5. The topological polar surface area (TPSA) is 52.6 Å². The van der Waals surface area contributed by atoms with Crippen molar-refractivity contribution >= 4 is 21.9 Å². The summed E-state index contributed by atoms with van der Waals surface area (Å²) in [5.74, 6) is 1.26. The van der Waals surface area contributed by atoms with E-state index in [1.807, 2.05) is 36.4 Å². The van der Waals surface area contributed by atoms with Crippen LogP contribution in [-0.2, 0) is 6.42 Å². The summed E-state index contributed by atoms with van der Waals surface area (Å²) in [5.41, 5.74) is 2.60. The Hall–Kier alpha value is -3.01. The lowest BCUT2D eigenvalue weighted by Gasteiger charge is -2.09. The van der Waals surface area contributed by atoms with Gasteiger partial charge in [0.1, 0.15) is 34.5 Å². The Morgan fingerprint density at radius 3 is 2.68 bits per heavy atom. The van der Waals surface area contributed by atoms with Gasteiger partial charge in [-0.05, 0) is 30.2 Å². The van der Waals surface area contributed by atoms with Crippen molar-refractivity contribution in [2.45, 2.75) is 19.8 Å². The molecule has 2 aromatic heterocycles. The van der Waals surface area contributed by atoms with E-state index >= 15 is 0 Å². The third kappa shape index (κ3) is 2.60. The molecule has 0 saturated carbocycles. The first-order chi connectivity index (χ1) is 12.2. The minimum Gasteiger partial charge on any atom is -0.496 e. The van der Waals surface area contributed by atoms with Crippen LogP contribution in [0.4, 0.5) is 0 Å². The molecule has 0 bridgehead atoms. The minimum absolute atomic E-state index is 0.0969. The van der Waals surface area contributed by atoms with Crippen molar-refractivity contribution in [1.29, 1.82) is 0 Å². The Labute approximate surface area is 144 Å². The Bertz CT molecular complexity index is 1080. The third-order valence-corrected chi connectivity index (χ3v) is 4.39. The van der Waals surface area contributed by atoms with E-state index in [4.69, 9.17) is 13.6 Å². The molecule has 25 heavy (non-hydrogen) atoms. The van der Waals surface area contributed by atoms with Crippen LogP contribution in [0.25, 0.3) is 33.3 Å². The molecule has 0 aliphatic rings. The van der Waals surface area contributed by atoms with Crippen LogP contribution in [0.1, 0.15) is 18.9 Å². The molecule has 0 atom stereocenters. The van der Waals surface area contributed by atoms with E-state index in [-0.39, 0.29) is 5.43 Å². The van der Waals surface area contributed by atoms with Crippen LogP contribution in [0, 0.1) is 0 Å². The normalized spacial score (nSPS) is 11.3. The molecule has 4 rings (SSSR count). The van der Waals surface area contributed by atoms with Gasteiger partial charge in [0.2, 0.25) is 5.43 Å². The van der Waals surface area contributed by atoms with Gasteiger partial charge in [-0.3, -0.25) is 4.79 Å². The van der Waals surface area contributed by atoms with E-state index in [9.17, 15) is 4.79 Å². The number of aryl methyl sites for hydroxylation is 1. The smallest absolute Gasteiger partial charge is 0.203 e. The second kappa shape index (κ2) is 6.13. The molecule has 0 unspecified atom stereocenters. The zero-order valence-electron chi connectivity index (χ0n) is 14.2. The average molecular weight is 334 g/mol. The minimum atomic E-state index is -0.0969. The lowest BCUT2D eigenvalue weighted by atomic mass is 10.0. The first-order valence-electron chi connectivity index (χ1n) is 8.32. The van der Waals surface area contributed by atoms with Gasteiger partial charge in [0.25, 0.3) is 0 Å². The van der Waals surface area contributed by atoms with Gasteiger partial charge in [0, 0.05) is 11.5 Å². The molecule has 0 amide bonds. The maximum atomic E-state index is 13.0. The van der Waals surface area contributed by atoms with Crippen LogP contribution in [0.2, 0.25) is 0 Å². The van der Waals surface area contributed by atoms with E-state index < -0.39 is 0 Å². The SMILES string of the molecule is CCCc1cc2c(=O)c(-c3cc4ccccc4o3)coc2cc1OC. The van der Waals surface area contributed by atoms with Crippen molar-refractivity contribution in [1.82, 2.24) is 0 Å². The maximum Gasteiger partial charge on any atom is 0.203 e. The maximum absolute atomic E-state index is 13.0. The van der Waals surface area contributed by atoms with Gasteiger partial charge in [-0.2, -0.15) is 0 Å². The third-order valence-electron chi connectivity index (χ3n) is 4.39. The molecule has 0 aliphatic carbocycles. The molecule has 4 aromatic rings. The molecule has 4 nitrogen and oxygen atoms in total. The summed E-state index contributed by atoms with van der Waals surface area (Å²) in [6.45, 7) is 2.09. The quantitative estimate of drug-likeness (QED) is 0.517. The molecule has 0 radical (unpaired) electrons. The fourth-order valence-electron chi connectivity index (χ4n) is 3.14. The number of ether oxygens (including phenoxy) is 1. The van der Waals surface area contributed by atoms with Gasteiger partial charge in [0.15, 0.2) is 0 Å². The Kier molecular flexibility index (Phi) is 3.80. The fraction of sp³-hybridized carbons (Fsp3) is 0.190. The highest BCUT2D eigenvalue weighted by Gasteiger charge is 2.15. The summed E-state index contributed by atoms with van der Waals surface area (Å²) in [5, 5.41) is 1.50. The molecule has 0 N–H and O–H groups in total. The summed E-state index contributed by atoms with van der Waals surface area (Å²) in [6, 6.07) is 13.2. The number of fused-ring (bicyclic) bond motifs is 2. The number of hydrogen-bond donors (Lipinski definition) is 0. The molecule has 0 saturated heterocycles. The van der Waals surface area contributed by atoms with Gasteiger partial charge in [0.05, 0.1) is 12.5 Å². The van der Waals surface area contributed by atoms with Gasteiger partial charge in [-0.25, -0.2) is 0 Å². The van der Waals surface area contributed by atoms with Crippen LogP contribution >= 0.6 is 0 Å². The van der Waals surface area contributed by atoms with Crippen molar-refractivity contribution in [3.05, 3.63) is 64.5 Å². The number of para-hydroxylation sites is 1. The van der Waals surface area contributed by atoms with Crippen LogP contribution in [0.3, 0.4) is 0 Å². The summed E-state index contributed by atoms with van der Waals surface area (Å²) in [4.78, 5) is 13.0. The highest BCUT2D eigenvalue weighted by molar-refractivity contribution is 5.86. The number of rotatable bonds is 4. The number of hydrogen-bond acceptors (Lipinski definition) is 4. The monoisotopic (exact) mass is 334 g/mol. The molecule has 4 heteroatoms. The summed E-state index contributed by atoms with van der Waals surface area (Å²) in [6.07, 6.45) is 3.27. The lowest BCUT2D eigenvalue weighted by molar-refractivity contribution is 0.409. The number of furan rings is 1. The second-order valence-corrected chi connectivity index (χ2v) is 6.04. The predicted molar refractivity (Wildman–Crippen MR) is 98.2 cm³/mol. The second-order valence-electron chi connectivity index (χ2n) is 6.04. The van der Waals surface area contributed by atoms with E-state index in [1.54, 1.807) is 13.2 Å². The van der Waals surface area contributed by atoms with Crippen LogP contribution in [-0.4, -0.2) is 7.11 Å². The van der Waals surface area contributed by atoms with Gasteiger partial charge in [-0.15, -0.1) is 0 Å². The lowest BCUT2D eigenvalue weighted by Crippen LogP contribution is -2.05. The standard InChI is InChI=1S/C21H18O4/c1-3-6-13-9-15-19(11-18(13)23-2)24-12-16(21(15)22)20-10-14-7-4-5-8-17(14)25-20/h4-5,7-12H,3,6H2,1-2H3. The van der Waals surface area contributed by atoms with Crippen LogP contribution < -0.4 is 10.2 Å². The van der Waals surface area contributed by atoms with Crippen LogP contribution in [0.5, 0.6) is 5.75 Å². The molecule has 2 aromatic carbocycles. The molecule has 0 fully saturated rings. The molecule has 126 valence electrons. The Balaban J connectivity index is 1.93. The van der Waals surface area contributed by atoms with E-state index in [2.05, 4.69) is 6.92 Å². The molecular weight excluding hydrogens is 316 g/mol. The van der Waals surface area contributed by atoms with Crippen molar-refractivity contribution in [3.63, 3.8) is 0 Å². The Morgan fingerprint density at radius 2 is 1.92 bits per heavy atom.